The van der Waals surface area contributed by atoms with Gasteiger partial charge in [0.05, 0.1) is 24.6 Å². The molecule has 3 amide bonds. The molecule has 2 heterocycles. The van der Waals surface area contributed by atoms with Crippen LogP contribution in [0.3, 0.4) is 0 Å². The monoisotopic (exact) mass is 552 g/mol. The lowest BCUT2D eigenvalue weighted by Crippen LogP contribution is -2.58. The maximum absolute atomic E-state index is 13.8. The molecule has 11 nitrogen and oxygen atoms in total. The fraction of sp³-hybridized carbons (Fsp3) is 0.448. The largest absolute Gasteiger partial charge is 0.481 e. The van der Waals surface area contributed by atoms with E-state index in [4.69, 9.17) is 4.74 Å². The van der Waals surface area contributed by atoms with Crippen LogP contribution in [0.1, 0.15) is 57.4 Å². The first kappa shape index (κ1) is 30.3. The minimum Gasteiger partial charge on any atom is -0.481 e. The normalized spacial score (nSPS) is 16.9. The molecule has 1 aromatic heterocycles. The van der Waals surface area contributed by atoms with Gasteiger partial charge in [-0.25, -0.2) is 9.78 Å². The molecule has 0 spiro atoms. The van der Waals surface area contributed by atoms with Crippen LogP contribution in [0.15, 0.2) is 48.6 Å². The number of hydrogen-bond acceptors (Lipinski definition) is 7. The van der Waals surface area contributed by atoms with Crippen molar-refractivity contribution in [1.82, 2.24) is 20.5 Å². The van der Waals surface area contributed by atoms with Crippen molar-refractivity contribution in [2.24, 2.45) is 5.41 Å². The van der Waals surface area contributed by atoms with E-state index in [1.165, 1.54) is 11.0 Å². The SMILES string of the molecule is CCOC(=O)/C=C/[C@H](CC(=O)O)NC(=O)[C@H]1CCCN1C(=O)C(NC(=O)c1ccc2ccccc2n1)C(C)(C)C. The van der Waals surface area contributed by atoms with Gasteiger partial charge in [0, 0.05) is 18.0 Å². The third-order valence-corrected chi connectivity index (χ3v) is 6.53. The molecule has 3 rings (SSSR count). The summed E-state index contributed by atoms with van der Waals surface area (Å²) in [6.45, 7) is 7.55. The van der Waals surface area contributed by atoms with Crippen LogP contribution in [0.4, 0.5) is 0 Å². The molecule has 40 heavy (non-hydrogen) atoms. The summed E-state index contributed by atoms with van der Waals surface area (Å²) in [5.41, 5.74) is 0.126. The number of carbonyl (C=O) groups excluding carboxylic acids is 4. The highest BCUT2D eigenvalue weighted by Gasteiger charge is 2.42. The summed E-state index contributed by atoms with van der Waals surface area (Å²) >= 11 is 0. The van der Waals surface area contributed by atoms with Crippen molar-refractivity contribution >= 4 is 40.6 Å². The smallest absolute Gasteiger partial charge is 0.330 e. The van der Waals surface area contributed by atoms with Crippen LogP contribution in [0.25, 0.3) is 10.9 Å². The van der Waals surface area contributed by atoms with Crippen LogP contribution in [0.5, 0.6) is 0 Å². The molecule has 1 fully saturated rings. The molecule has 0 saturated carbocycles. The number of likely N-dealkylation sites (tertiary alicyclic amines) is 1. The van der Waals surface area contributed by atoms with Crippen LogP contribution in [-0.4, -0.2) is 75.9 Å². The molecule has 214 valence electrons. The van der Waals surface area contributed by atoms with Gasteiger partial charge < -0.3 is 25.4 Å². The Labute approximate surface area is 233 Å². The number of pyridine rings is 1. The topological polar surface area (TPSA) is 155 Å². The third-order valence-electron chi connectivity index (χ3n) is 6.53. The van der Waals surface area contributed by atoms with E-state index in [0.29, 0.717) is 24.9 Å². The zero-order chi connectivity index (χ0) is 29.4. The predicted octanol–water partition coefficient (Wildman–Crippen LogP) is 2.45. The van der Waals surface area contributed by atoms with Crippen molar-refractivity contribution in [2.75, 3.05) is 13.2 Å². The zero-order valence-electron chi connectivity index (χ0n) is 23.2. The van der Waals surface area contributed by atoms with Crippen molar-refractivity contribution in [3.8, 4) is 0 Å². The second kappa shape index (κ2) is 13.2. The number of aliphatic carboxylic acids is 1. The minimum absolute atomic E-state index is 0.153. The molecule has 11 heteroatoms. The number of hydrogen-bond donors (Lipinski definition) is 3. The van der Waals surface area contributed by atoms with E-state index in [2.05, 4.69) is 15.6 Å². The number of carbonyl (C=O) groups is 5. The van der Waals surface area contributed by atoms with Gasteiger partial charge in [0.25, 0.3) is 5.91 Å². The molecule has 3 atom stereocenters. The summed E-state index contributed by atoms with van der Waals surface area (Å²) in [6.07, 6.45) is 2.81. The highest BCUT2D eigenvalue weighted by Crippen LogP contribution is 2.26. The lowest BCUT2D eigenvalue weighted by molar-refractivity contribution is -0.142. The zero-order valence-corrected chi connectivity index (χ0v) is 23.2. The Balaban J connectivity index is 1.77. The molecular formula is C29H36N4O7. The van der Waals surface area contributed by atoms with Gasteiger partial charge in [0.15, 0.2) is 0 Å². The molecule has 0 bridgehead atoms. The number of nitrogens with one attached hydrogen (secondary N) is 2. The highest BCUT2D eigenvalue weighted by atomic mass is 16.5. The standard InChI is InChI=1S/C29H36N4O7/c1-5-40-24(36)15-13-19(17-23(34)35)30-27(38)22-11-8-16-33(22)28(39)25(29(2,3)4)32-26(37)21-14-12-18-9-6-7-10-20(18)31-21/h6-7,9-10,12-15,19,22,25H,5,8,11,16-17H2,1-4H3,(H,30,38)(H,32,37)(H,34,35)/b15-13+/t19-,22-,25?/m1/s1. The molecule has 1 saturated heterocycles. The number of aromatic nitrogens is 1. The van der Waals surface area contributed by atoms with Gasteiger partial charge in [-0.15, -0.1) is 0 Å². The number of nitrogens with zero attached hydrogens (tertiary/aromatic N) is 2. The van der Waals surface area contributed by atoms with Gasteiger partial charge in [0.2, 0.25) is 11.8 Å². The average molecular weight is 553 g/mol. The number of fused-ring (bicyclic) bond motifs is 1. The first-order valence-electron chi connectivity index (χ1n) is 13.2. The molecule has 1 aliphatic heterocycles. The maximum atomic E-state index is 13.8. The minimum atomic E-state index is -1.17. The van der Waals surface area contributed by atoms with E-state index in [1.54, 1.807) is 25.1 Å². The molecule has 3 N–H and O–H groups in total. The van der Waals surface area contributed by atoms with E-state index in [1.807, 2.05) is 39.0 Å². The number of para-hydroxylation sites is 1. The van der Waals surface area contributed by atoms with Crippen molar-refractivity contribution in [3.05, 3.63) is 54.2 Å². The van der Waals surface area contributed by atoms with E-state index >= 15 is 0 Å². The Kier molecular flexibility index (Phi) is 9.98. The predicted molar refractivity (Wildman–Crippen MR) is 147 cm³/mol. The average Bonchev–Trinajstić information content (AvgIpc) is 3.39. The van der Waals surface area contributed by atoms with Gasteiger partial charge in [-0.2, -0.15) is 0 Å². The molecule has 1 aromatic carbocycles. The van der Waals surface area contributed by atoms with Crippen molar-refractivity contribution in [1.29, 1.82) is 0 Å². The Morgan fingerprint density at radius 3 is 2.52 bits per heavy atom. The van der Waals surface area contributed by atoms with E-state index in [9.17, 15) is 29.1 Å². The maximum Gasteiger partial charge on any atom is 0.330 e. The fourth-order valence-corrected chi connectivity index (χ4v) is 4.53. The number of benzene rings is 1. The van der Waals surface area contributed by atoms with Gasteiger partial charge in [-0.3, -0.25) is 19.2 Å². The lowest BCUT2D eigenvalue weighted by atomic mass is 9.85. The molecule has 2 aromatic rings. The second-order valence-electron chi connectivity index (χ2n) is 10.7. The van der Waals surface area contributed by atoms with Crippen LogP contribution >= 0.6 is 0 Å². The van der Waals surface area contributed by atoms with Gasteiger partial charge in [0.1, 0.15) is 17.8 Å². The number of rotatable bonds is 10. The number of esters is 1. The highest BCUT2D eigenvalue weighted by molar-refractivity contribution is 5.99. The Morgan fingerprint density at radius 2 is 1.85 bits per heavy atom. The van der Waals surface area contributed by atoms with Gasteiger partial charge >= 0.3 is 11.9 Å². The van der Waals surface area contributed by atoms with Gasteiger partial charge in [-0.1, -0.05) is 51.1 Å². The summed E-state index contributed by atoms with van der Waals surface area (Å²) in [7, 11) is 0. The number of amides is 3. The fourth-order valence-electron chi connectivity index (χ4n) is 4.53. The summed E-state index contributed by atoms with van der Waals surface area (Å²) in [4.78, 5) is 69.0. The molecule has 1 aliphatic rings. The third kappa shape index (κ3) is 7.87. The summed E-state index contributed by atoms with van der Waals surface area (Å²) in [5.74, 6) is -3.30. The second-order valence-corrected chi connectivity index (χ2v) is 10.7. The van der Waals surface area contributed by atoms with Gasteiger partial charge in [-0.05, 0) is 37.3 Å². The Morgan fingerprint density at radius 1 is 1.12 bits per heavy atom. The number of carboxylic acids is 1. The van der Waals surface area contributed by atoms with E-state index < -0.39 is 59.6 Å². The number of carboxylic acid groups (broad SMARTS) is 1. The Hall–Kier alpha value is -4.28. The molecular weight excluding hydrogens is 516 g/mol. The first-order chi connectivity index (χ1) is 18.9. The van der Waals surface area contributed by atoms with E-state index in [0.717, 1.165) is 11.5 Å². The van der Waals surface area contributed by atoms with Crippen LogP contribution < -0.4 is 10.6 Å². The summed E-state index contributed by atoms with van der Waals surface area (Å²) in [5, 5.41) is 15.6. The quantitative estimate of drug-likeness (QED) is 0.300. The van der Waals surface area contributed by atoms with Crippen LogP contribution in [-0.2, 0) is 23.9 Å². The van der Waals surface area contributed by atoms with Crippen molar-refractivity contribution in [3.63, 3.8) is 0 Å². The summed E-state index contributed by atoms with van der Waals surface area (Å²) < 4.78 is 4.82. The number of ether oxygens (including phenoxy) is 1. The van der Waals surface area contributed by atoms with E-state index in [-0.39, 0.29) is 12.3 Å². The van der Waals surface area contributed by atoms with Crippen molar-refractivity contribution in [2.45, 2.75) is 65.1 Å². The molecule has 1 unspecified atom stereocenters. The lowest BCUT2D eigenvalue weighted by Gasteiger charge is -2.35. The summed E-state index contributed by atoms with van der Waals surface area (Å²) in [6, 6.07) is 7.97. The molecule has 0 radical (unpaired) electrons. The van der Waals surface area contributed by atoms with Crippen LogP contribution in [0, 0.1) is 5.41 Å². The van der Waals surface area contributed by atoms with Crippen molar-refractivity contribution < 1.29 is 33.8 Å². The Bertz CT molecular complexity index is 1300. The van der Waals surface area contributed by atoms with Crippen LogP contribution in [0.2, 0.25) is 0 Å². The molecule has 0 aliphatic carbocycles. The first-order valence-corrected chi connectivity index (χ1v) is 13.2.